The van der Waals surface area contributed by atoms with Gasteiger partial charge in [0, 0.05) is 71.5 Å². The number of ether oxygens (including phenoxy) is 2. The van der Waals surface area contributed by atoms with Crippen LogP contribution in [-0.4, -0.2) is 102 Å². The van der Waals surface area contributed by atoms with E-state index in [-0.39, 0.29) is 47.5 Å². The monoisotopic (exact) mass is 614 g/mol. The van der Waals surface area contributed by atoms with Gasteiger partial charge in [0.25, 0.3) is 0 Å². The molecule has 3 aromatic rings. The molecular weight excluding hydrogens is 576 g/mol. The Labute approximate surface area is 249 Å². The maximum Gasteiger partial charge on any atom is 0.246 e. The Balaban J connectivity index is 1.33. The fourth-order valence-corrected chi connectivity index (χ4v) is 8.71. The zero-order valence-electron chi connectivity index (χ0n) is 24.1. The Kier molecular flexibility index (Phi) is 9.50. The molecule has 0 unspecified atom stereocenters. The molecule has 0 bridgehead atoms. The summed E-state index contributed by atoms with van der Waals surface area (Å²) in [5, 5.41) is 0. The van der Waals surface area contributed by atoms with E-state index in [2.05, 4.69) is 34.1 Å². The van der Waals surface area contributed by atoms with Gasteiger partial charge in [-0.15, -0.1) is 0 Å². The molecule has 0 spiro atoms. The lowest BCUT2D eigenvalue weighted by molar-refractivity contribution is 0.181. The molecule has 42 heavy (non-hydrogen) atoms. The van der Waals surface area contributed by atoms with E-state index in [1.807, 2.05) is 36.4 Å². The van der Waals surface area contributed by atoms with Crippen LogP contribution in [0.3, 0.4) is 0 Å². The summed E-state index contributed by atoms with van der Waals surface area (Å²) in [7, 11) is -5.36. The third-order valence-corrected chi connectivity index (χ3v) is 11.7. The van der Waals surface area contributed by atoms with Gasteiger partial charge < -0.3 is 9.47 Å². The van der Waals surface area contributed by atoms with E-state index < -0.39 is 20.0 Å². The summed E-state index contributed by atoms with van der Waals surface area (Å²) >= 11 is 0. The number of sulfonamides is 2. The molecule has 2 aliphatic heterocycles. The summed E-state index contributed by atoms with van der Waals surface area (Å²) < 4.78 is 69.2. The van der Waals surface area contributed by atoms with Gasteiger partial charge in [0.1, 0.15) is 21.3 Å². The fourth-order valence-electron chi connectivity index (χ4n) is 5.46. The number of hydrogen-bond acceptors (Lipinski definition) is 8. The van der Waals surface area contributed by atoms with Crippen molar-refractivity contribution < 1.29 is 26.3 Å². The van der Waals surface area contributed by atoms with Crippen molar-refractivity contribution >= 4 is 20.0 Å². The van der Waals surface area contributed by atoms with Crippen molar-refractivity contribution in [3.63, 3.8) is 0 Å². The lowest BCUT2D eigenvalue weighted by Gasteiger charge is -2.35. The Hall–Kier alpha value is -3.00. The molecule has 12 heteroatoms. The fraction of sp³-hybridized carbons (Fsp3) is 0.400. The highest BCUT2D eigenvalue weighted by Gasteiger charge is 2.36. The molecular formula is C30H38N4O6S2. The average molecular weight is 615 g/mol. The van der Waals surface area contributed by atoms with Gasteiger partial charge in [0.05, 0.1) is 14.2 Å². The summed E-state index contributed by atoms with van der Waals surface area (Å²) in [5.41, 5.74) is 2.34. The number of piperazine rings is 2. The first-order valence-corrected chi connectivity index (χ1v) is 16.9. The van der Waals surface area contributed by atoms with Crippen LogP contribution in [0.1, 0.15) is 11.1 Å². The normalized spacial score (nSPS) is 18.1. The van der Waals surface area contributed by atoms with Crippen LogP contribution in [0.4, 0.5) is 0 Å². The standard InChI is InChI=1S/C30H38N4O6S2/c1-39-27-21-28(40-2)30(42(37,38)34-19-15-32(16-20-34)24-26-11-7-4-8-12-26)22-29(27)41(35,36)33-17-13-31(14-18-33)23-25-9-5-3-6-10-25/h3-12,21-22H,13-20,23-24H2,1-2H3. The van der Waals surface area contributed by atoms with Crippen LogP contribution < -0.4 is 9.47 Å². The predicted octanol–water partition coefficient (Wildman–Crippen LogP) is 2.72. The van der Waals surface area contributed by atoms with Crippen molar-refractivity contribution in [3.05, 3.63) is 83.9 Å². The minimum absolute atomic E-state index is 0.0465. The van der Waals surface area contributed by atoms with Gasteiger partial charge in [-0.25, -0.2) is 16.8 Å². The van der Waals surface area contributed by atoms with E-state index in [0.717, 1.165) is 13.1 Å². The Morgan fingerprint density at radius 1 is 0.548 bits per heavy atom. The molecule has 0 atom stereocenters. The molecule has 0 aliphatic carbocycles. The van der Waals surface area contributed by atoms with Crippen LogP contribution in [0.5, 0.6) is 11.5 Å². The van der Waals surface area contributed by atoms with Crippen molar-refractivity contribution in [2.45, 2.75) is 22.9 Å². The van der Waals surface area contributed by atoms with E-state index in [1.165, 1.54) is 46.1 Å². The Morgan fingerprint density at radius 2 is 0.905 bits per heavy atom. The third kappa shape index (κ3) is 6.64. The quantitative estimate of drug-likeness (QED) is 0.344. The molecule has 3 aromatic carbocycles. The summed E-state index contributed by atoms with van der Waals surface area (Å²) in [5.74, 6) is 0.0930. The molecule has 2 aliphatic rings. The summed E-state index contributed by atoms with van der Waals surface area (Å²) in [6.07, 6.45) is 0. The molecule has 0 aromatic heterocycles. The highest BCUT2D eigenvalue weighted by atomic mass is 32.2. The smallest absolute Gasteiger partial charge is 0.246 e. The summed E-state index contributed by atoms with van der Waals surface area (Å²) in [4.78, 5) is 4.06. The number of methoxy groups -OCH3 is 2. The Bertz CT molecular complexity index is 1440. The maximum absolute atomic E-state index is 13.9. The van der Waals surface area contributed by atoms with Crippen LogP contribution in [0.15, 0.2) is 82.6 Å². The first kappa shape index (κ1) is 30.5. The van der Waals surface area contributed by atoms with Crippen molar-refractivity contribution in [2.75, 3.05) is 66.6 Å². The van der Waals surface area contributed by atoms with Crippen LogP contribution in [0.25, 0.3) is 0 Å². The van der Waals surface area contributed by atoms with Crippen LogP contribution in [0.2, 0.25) is 0 Å². The molecule has 0 N–H and O–H groups in total. The van der Waals surface area contributed by atoms with E-state index in [1.54, 1.807) is 0 Å². The van der Waals surface area contributed by atoms with Crippen molar-refractivity contribution in [1.82, 2.24) is 18.4 Å². The first-order valence-electron chi connectivity index (χ1n) is 14.0. The van der Waals surface area contributed by atoms with Gasteiger partial charge >= 0.3 is 0 Å². The zero-order valence-corrected chi connectivity index (χ0v) is 25.7. The van der Waals surface area contributed by atoms with Crippen molar-refractivity contribution in [2.24, 2.45) is 0 Å². The number of benzene rings is 3. The van der Waals surface area contributed by atoms with E-state index in [9.17, 15) is 16.8 Å². The molecule has 0 amide bonds. The molecule has 2 fully saturated rings. The van der Waals surface area contributed by atoms with Crippen LogP contribution >= 0.6 is 0 Å². The third-order valence-electron chi connectivity index (χ3n) is 7.85. The number of nitrogens with zero attached hydrogens (tertiary/aromatic N) is 4. The van der Waals surface area contributed by atoms with Gasteiger partial charge in [0.2, 0.25) is 20.0 Å². The molecule has 0 saturated carbocycles. The van der Waals surface area contributed by atoms with Gasteiger partial charge in [-0.05, 0) is 17.2 Å². The van der Waals surface area contributed by atoms with Crippen molar-refractivity contribution in [3.8, 4) is 11.5 Å². The molecule has 2 saturated heterocycles. The molecule has 0 radical (unpaired) electrons. The molecule has 2 heterocycles. The van der Waals surface area contributed by atoms with Gasteiger partial charge in [0.15, 0.2) is 0 Å². The highest BCUT2D eigenvalue weighted by molar-refractivity contribution is 7.90. The van der Waals surface area contributed by atoms with Gasteiger partial charge in [-0.1, -0.05) is 60.7 Å². The Morgan fingerprint density at radius 3 is 1.24 bits per heavy atom. The van der Waals surface area contributed by atoms with Crippen LogP contribution in [0, 0.1) is 0 Å². The maximum atomic E-state index is 13.9. The van der Waals surface area contributed by atoms with E-state index in [0.29, 0.717) is 26.2 Å². The topological polar surface area (TPSA) is 99.7 Å². The molecule has 5 rings (SSSR count). The number of rotatable bonds is 10. The summed E-state index contributed by atoms with van der Waals surface area (Å²) in [6, 6.07) is 22.7. The molecule has 10 nitrogen and oxygen atoms in total. The SMILES string of the molecule is COc1cc(OC)c(S(=O)(=O)N2CCN(Cc3ccccc3)CC2)cc1S(=O)(=O)N1CCN(Cc2ccccc2)CC1. The number of hydrogen-bond donors (Lipinski definition) is 0. The second kappa shape index (κ2) is 13.1. The lowest BCUT2D eigenvalue weighted by atomic mass is 10.2. The van der Waals surface area contributed by atoms with Crippen LogP contribution in [-0.2, 0) is 33.1 Å². The van der Waals surface area contributed by atoms with Gasteiger partial charge in [-0.3, -0.25) is 9.80 Å². The summed E-state index contributed by atoms with van der Waals surface area (Å²) in [6.45, 7) is 4.87. The minimum atomic E-state index is -4.05. The van der Waals surface area contributed by atoms with Gasteiger partial charge in [-0.2, -0.15) is 8.61 Å². The minimum Gasteiger partial charge on any atom is -0.495 e. The average Bonchev–Trinajstić information content (AvgIpc) is 3.02. The van der Waals surface area contributed by atoms with E-state index >= 15 is 0 Å². The molecule has 226 valence electrons. The predicted molar refractivity (Wildman–Crippen MR) is 161 cm³/mol. The second-order valence-corrected chi connectivity index (χ2v) is 14.3. The second-order valence-electron chi connectivity index (χ2n) is 10.5. The highest BCUT2D eigenvalue weighted by Crippen LogP contribution is 2.38. The van der Waals surface area contributed by atoms with E-state index in [4.69, 9.17) is 9.47 Å². The van der Waals surface area contributed by atoms with Crippen molar-refractivity contribution in [1.29, 1.82) is 0 Å². The lowest BCUT2D eigenvalue weighted by Crippen LogP contribution is -2.48. The largest absolute Gasteiger partial charge is 0.495 e. The first-order chi connectivity index (χ1) is 20.2. The zero-order chi connectivity index (χ0) is 29.7.